The molecule has 1 atom stereocenters. The smallest absolute Gasteiger partial charge is 0.335 e. The van der Waals surface area contributed by atoms with Gasteiger partial charge < -0.3 is 10.4 Å². The largest absolute Gasteiger partial charge is 0.478 e. The maximum Gasteiger partial charge on any atom is 0.335 e. The van der Waals surface area contributed by atoms with Gasteiger partial charge in [0.25, 0.3) is 0 Å². The van der Waals surface area contributed by atoms with Gasteiger partial charge in [-0.15, -0.1) is 0 Å². The molecule has 0 unspecified atom stereocenters. The summed E-state index contributed by atoms with van der Waals surface area (Å²) >= 11 is 13.3. The first-order valence-electron chi connectivity index (χ1n) is 8.36. The van der Waals surface area contributed by atoms with Crippen molar-refractivity contribution in [3.8, 4) is 0 Å². The number of hydrogen-bond acceptors (Lipinski definition) is 5. The van der Waals surface area contributed by atoms with E-state index in [1.807, 2.05) is 0 Å². The fourth-order valence-electron chi connectivity index (χ4n) is 2.49. The van der Waals surface area contributed by atoms with Gasteiger partial charge in [0.2, 0.25) is 11.8 Å². The van der Waals surface area contributed by atoms with E-state index in [4.69, 9.17) is 28.3 Å². The number of amidine groups is 1. The SMILES string of the molecule is CN1C(=O)C[C@H](C(=O)Nc2ccc(C(=O)O)cc2)SC1=Nc1cc(Cl)ccc1Cl. The average Bonchev–Trinajstić information content (AvgIpc) is 2.68. The first-order valence-corrected chi connectivity index (χ1v) is 9.99. The van der Waals surface area contributed by atoms with E-state index in [0.29, 0.717) is 26.6 Å². The maximum absolute atomic E-state index is 12.6. The van der Waals surface area contributed by atoms with Gasteiger partial charge in [-0.25, -0.2) is 9.79 Å². The molecule has 150 valence electrons. The summed E-state index contributed by atoms with van der Waals surface area (Å²) in [7, 11) is 1.57. The lowest BCUT2D eigenvalue weighted by Crippen LogP contribution is -2.43. The number of carboxylic acids is 1. The van der Waals surface area contributed by atoms with Gasteiger partial charge in [0, 0.05) is 24.2 Å². The molecule has 0 bridgehead atoms. The molecule has 1 heterocycles. The number of thioether (sulfide) groups is 1. The molecular formula is C19H15Cl2N3O4S. The monoisotopic (exact) mass is 451 g/mol. The Balaban J connectivity index is 1.78. The predicted octanol–water partition coefficient (Wildman–Crippen LogP) is 4.28. The van der Waals surface area contributed by atoms with Crippen molar-refractivity contribution in [2.24, 2.45) is 4.99 Å². The van der Waals surface area contributed by atoms with Crippen molar-refractivity contribution in [3.05, 3.63) is 58.1 Å². The molecule has 0 saturated carbocycles. The van der Waals surface area contributed by atoms with Crippen LogP contribution in [0.4, 0.5) is 11.4 Å². The van der Waals surface area contributed by atoms with Crippen molar-refractivity contribution in [1.82, 2.24) is 4.90 Å². The molecule has 7 nitrogen and oxygen atoms in total. The first kappa shape index (κ1) is 21.2. The Hall–Kier alpha value is -2.55. The van der Waals surface area contributed by atoms with Crippen LogP contribution in [0.2, 0.25) is 10.0 Å². The molecule has 0 aromatic heterocycles. The number of carbonyl (C=O) groups excluding carboxylic acids is 2. The van der Waals surface area contributed by atoms with Crippen molar-refractivity contribution in [2.75, 3.05) is 12.4 Å². The third-order valence-electron chi connectivity index (χ3n) is 4.08. The Morgan fingerprint density at radius 1 is 1.21 bits per heavy atom. The van der Waals surface area contributed by atoms with Crippen LogP contribution in [0.1, 0.15) is 16.8 Å². The van der Waals surface area contributed by atoms with Gasteiger partial charge in [-0.3, -0.25) is 14.5 Å². The number of rotatable bonds is 4. The van der Waals surface area contributed by atoms with Gasteiger partial charge in [-0.05, 0) is 42.5 Å². The number of anilines is 1. The van der Waals surface area contributed by atoms with Gasteiger partial charge >= 0.3 is 5.97 Å². The van der Waals surface area contributed by atoms with E-state index in [1.54, 1.807) is 25.2 Å². The number of hydrogen-bond donors (Lipinski definition) is 2. The van der Waals surface area contributed by atoms with E-state index in [-0.39, 0.29) is 23.8 Å². The van der Waals surface area contributed by atoms with E-state index < -0.39 is 11.2 Å². The van der Waals surface area contributed by atoms with Crippen LogP contribution in [0, 0.1) is 0 Å². The minimum Gasteiger partial charge on any atom is -0.478 e. The number of halogens is 2. The number of benzene rings is 2. The number of carbonyl (C=O) groups is 3. The summed E-state index contributed by atoms with van der Waals surface area (Å²) in [5.74, 6) is -1.70. The normalized spacial score (nSPS) is 18.0. The van der Waals surface area contributed by atoms with Crippen LogP contribution < -0.4 is 5.32 Å². The fraction of sp³-hybridized carbons (Fsp3) is 0.158. The summed E-state index contributed by atoms with van der Waals surface area (Å²) in [6.45, 7) is 0. The number of carboxylic acid groups (broad SMARTS) is 1. The van der Waals surface area contributed by atoms with Gasteiger partial charge in [0.1, 0.15) is 5.25 Å². The van der Waals surface area contributed by atoms with Crippen LogP contribution in [0.15, 0.2) is 47.5 Å². The van der Waals surface area contributed by atoms with Crippen molar-refractivity contribution in [1.29, 1.82) is 0 Å². The Morgan fingerprint density at radius 3 is 2.55 bits per heavy atom. The highest BCUT2D eigenvalue weighted by Gasteiger charge is 2.34. The molecule has 29 heavy (non-hydrogen) atoms. The van der Waals surface area contributed by atoms with Crippen LogP contribution in [0.25, 0.3) is 0 Å². The van der Waals surface area contributed by atoms with E-state index in [1.165, 1.54) is 29.2 Å². The molecule has 1 aliphatic heterocycles. The Kier molecular flexibility index (Phi) is 6.46. The summed E-state index contributed by atoms with van der Waals surface area (Å²) < 4.78 is 0. The van der Waals surface area contributed by atoms with Gasteiger partial charge in [0.15, 0.2) is 5.17 Å². The zero-order chi connectivity index (χ0) is 21.1. The number of nitrogens with one attached hydrogen (secondary N) is 1. The highest BCUT2D eigenvalue weighted by atomic mass is 35.5. The quantitative estimate of drug-likeness (QED) is 0.722. The molecule has 2 aromatic rings. The summed E-state index contributed by atoms with van der Waals surface area (Å²) in [5.41, 5.74) is 0.939. The highest BCUT2D eigenvalue weighted by molar-refractivity contribution is 8.15. The van der Waals surface area contributed by atoms with Crippen LogP contribution in [-0.4, -0.2) is 45.3 Å². The van der Waals surface area contributed by atoms with E-state index in [2.05, 4.69) is 10.3 Å². The summed E-state index contributed by atoms with van der Waals surface area (Å²) in [4.78, 5) is 41.7. The molecule has 2 aromatic carbocycles. The molecule has 0 spiro atoms. The molecule has 10 heteroatoms. The van der Waals surface area contributed by atoms with Crippen molar-refractivity contribution in [2.45, 2.75) is 11.7 Å². The molecular weight excluding hydrogens is 437 g/mol. The van der Waals surface area contributed by atoms with Gasteiger partial charge in [-0.1, -0.05) is 35.0 Å². The van der Waals surface area contributed by atoms with E-state index in [0.717, 1.165) is 11.8 Å². The molecule has 2 amide bonds. The van der Waals surface area contributed by atoms with E-state index >= 15 is 0 Å². The topological polar surface area (TPSA) is 99.1 Å². The number of amides is 2. The zero-order valence-corrected chi connectivity index (χ0v) is 17.4. The lowest BCUT2D eigenvalue weighted by atomic mass is 10.2. The summed E-state index contributed by atoms with van der Waals surface area (Å²) in [5, 5.41) is 12.1. The van der Waals surface area contributed by atoms with Crippen molar-refractivity contribution >= 4 is 69.3 Å². The van der Waals surface area contributed by atoms with Crippen molar-refractivity contribution in [3.63, 3.8) is 0 Å². The minimum absolute atomic E-state index is 0.00249. The highest BCUT2D eigenvalue weighted by Crippen LogP contribution is 2.33. The predicted molar refractivity (Wildman–Crippen MR) is 114 cm³/mol. The minimum atomic E-state index is -1.06. The molecule has 0 aliphatic carbocycles. The Bertz CT molecular complexity index is 1010. The summed E-state index contributed by atoms with van der Waals surface area (Å²) in [6.07, 6.45) is 0.00249. The first-order chi connectivity index (χ1) is 13.7. The average molecular weight is 452 g/mol. The van der Waals surface area contributed by atoms with Crippen LogP contribution in [-0.2, 0) is 9.59 Å². The molecule has 0 radical (unpaired) electrons. The maximum atomic E-state index is 12.6. The van der Waals surface area contributed by atoms with Crippen LogP contribution >= 0.6 is 35.0 Å². The molecule has 2 N–H and O–H groups in total. The second-order valence-electron chi connectivity index (χ2n) is 6.13. The second-order valence-corrected chi connectivity index (χ2v) is 8.14. The molecule has 1 fully saturated rings. The molecule has 3 rings (SSSR count). The summed E-state index contributed by atoms with van der Waals surface area (Å²) in [6, 6.07) is 10.6. The zero-order valence-electron chi connectivity index (χ0n) is 15.1. The second kappa shape index (κ2) is 8.86. The Morgan fingerprint density at radius 2 is 1.90 bits per heavy atom. The van der Waals surface area contributed by atoms with Gasteiger partial charge in [-0.2, -0.15) is 0 Å². The molecule has 1 aliphatic rings. The lowest BCUT2D eigenvalue weighted by molar-refractivity contribution is -0.128. The molecule has 1 saturated heterocycles. The number of aliphatic imine (C=N–C) groups is 1. The van der Waals surface area contributed by atoms with Gasteiger partial charge in [0.05, 0.1) is 16.3 Å². The van der Waals surface area contributed by atoms with Crippen molar-refractivity contribution < 1.29 is 19.5 Å². The lowest BCUT2D eigenvalue weighted by Gasteiger charge is -2.28. The Labute approximate surface area is 180 Å². The number of aromatic carboxylic acids is 1. The standard InChI is InChI=1S/C19H15Cl2N3O4S/c1-24-16(25)9-15(17(26)22-12-5-2-10(3-6-12)18(27)28)29-19(24)23-14-8-11(20)4-7-13(14)21/h2-8,15H,9H2,1H3,(H,22,26)(H,27,28)/t15-/m1/s1. The van der Waals surface area contributed by atoms with E-state index in [9.17, 15) is 14.4 Å². The van der Waals surface area contributed by atoms with Crippen LogP contribution in [0.3, 0.4) is 0 Å². The number of nitrogens with zero attached hydrogens (tertiary/aromatic N) is 2. The third-order valence-corrected chi connectivity index (χ3v) is 5.88. The van der Waals surface area contributed by atoms with Crippen LogP contribution in [0.5, 0.6) is 0 Å². The third kappa shape index (κ3) is 5.09. The fourth-order valence-corrected chi connectivity index (χ4v) is 3.87.